The normalized spacial score (nSPS) is 16.2. The van der Waals surface area contributed by atoms with E-state index in [1.54, 1.807) is 6.07 Å². The van der Waals surface area contributed by atoms with Crippen LogP contribution in [0.3, 0.4) is 0 Å². The number of ether oxygens (including phenoxy) is 1. The van der Waals surface area contributed by atoms with Crippen molar-refractivity contribution in [2.24, 2.45) is 0 Å². The summed E-state index contributed by atoms with van der Waals surface area (Å²) in [4.78, 5) is 14.7. The molecular formula is C23H38BrN3O3. The van der Waals surface area contributed by atoms with Gasteiger partial charge in [-0.25, -0.2) is 4.79 Å². The number of nitrogens with one attached hydrogen (secondary N) is 1. The van der Waals surface area contributed by atoms with Crippen LogP contribution < -0.4 is 11.1 Å². The lowest BCUT2D eigenvalue weighted by Gasteiger charge is -2.38. The summed E-state index contributed by atoms with van der Waals surface area (Å²) in [5.74, 6) is -0.354. The van der Waals surface area contributed by atoms with Crippen LogP contribution in [0.15, 0.2) is 16.6 Å². The largest absolute Gasteiger partial charge is 0.461 e. The SMILES string of the molecule is CCC1(NCc2cc(C(=O)OCCN(CCO)C(C)C)cc(Br)c2N)CCCCC1. The number of nitrogens with two attached hydrogens (primary N) is 1. The Kier molecular flexibility index (Phi) is 10.1. The van der Waals surface area contributed by atoms with E-state index >= 15 is 0 Å². The molecular weight excluding hydrogens is 446 g/mol. The van der Waals surface area contributed by atoms with Gasteiger partial charge in [0.2, 0.25) is 0 Å². The Morgan fingerprint density at radius 1 is 1.30 bits per heavy atom. The molecule has 1 aromatic rings. The van der Waals surface area contributed by atoms with E-state index in [1.807, 2.05) is 6.07 Å². The van der Waals surface area contributed by atoms with Crippen LogP contribution in [0.2, 0.25) is 0 Å². The standard InChI is InChI=1S/C23H38BrN3O3/c1-4-23(8-6-5-7-9-23)26-16-19-14-18(15-20(24)21(19)25)22(29)30-13-11-27(10-12-28)17(2)3/h14-15,17,26,28H,4-13,16,25H2,1-3H3. The molecule has 0 aliphatic heterocycles. The Hall–Kier alpha value is -1.15. The molecule has 0 amide bonds. The van der Waals surface area contributed by atoms with Crippen LogP contribution in [0.25, 0.3) is 0 Å². The van der Waals surface area contributed by atoms with Crippen LogP contribution >= 0.6 is 15.9 Å². The van der Waals surface area contributed by atoms with Gasteiger partial charge in [0.25, 0.3) is 0 Å². The van der Waals surface area contributed by atoms with Crippen molar-refractivity contribution in [2.75, 3.05) is 32.0 Å². The molecule has 0 unspecified atom stereocenters. The molecule has 2 rings (SSSR count). The maximum absolute atomic E-state index is 12.6. The molecule has 1 aliphatic rings. The number of hydrogen-bond donors (Lipinski definition) is 3. The van der Waals surface area contributed by atoms with E-state index in [0.29, 0.717) is 35.4 Å². The van der Waals surface area contributed by atoms with Gasteiger partial charge >= 0.3 is 5.97 Å². The molecule has 0 radical (unpaired) electrons. The van der Waals surface area contributed by atoms with Gasteiger partial charge < -0.3 is 20.9 Å². The zero-order chi connectivity index (χ0) is 22.1. The topological polar surface area (TPSA) is 87.8 Å². The summed E-state index contributed by atoms with van der Waals surface area (Å²) in [6.07, 6.45) is 7.30. The highest BCUT2D eigenvalue weighted by Gasteiger charge is 2.29. The van der Waals surface area contributed by atoms with E-state index in [4.69, 9.17) is 15.6 Å². The minimum absolute atomic E-state index is 0.0899. The van der Waals surface area contributed by atoms with E-state index in [2.05, 4.69) is 46.9 Å². The van der Waals surface area contributed by atoms with Gasteiger partial charge in [0.1, 0.15) is 6.61 Å². The predicted molar refractivity (Wildman–Crippen MR) is 126 cm³/mol. The number of nitrogens with zero attached hydrogens (tertiary/aromatic N) is 1. The summed E-state index contributed by atoms with van der Waals surface area (Å²) in [5, 5.41) is 12.9. The Morgan fingerprint density at radius 2 is 2.00 bits per heavy atom. The number of anilines is 1. The number of hydrogen-bond acceptors (Lipinski definition) is 6. The second-order valence-electron chi connectivity index (χ2n) is 8.57. The number of rotatable bonds is 11. The first-order chi connectivity index (χ1) is 14.3. The van der Waals surface area contributed by atoms with Crippen LogP contribution in [0.4, 0.5) is 5.69 Å². The van der Waals surface area contributed by atoms with Crippen molar-refractivity contribution in [3.63, 3.8) is 0 Å². The highest BCUT2D eigenvalue weighted by atomic mass is 79.9. The number of aliphatic hydroxyl groups is 1. The van der Waals surface area contributed by atoms with Crippen molar-refractivity contribution in [1.29, 1.82) is 0 Å². The van der Waals surface area contributed by atoms with Crippen LogP contribution in [0.1, 0.15) is 75.2 Å². The molecule has 1 aliphatic carbocycles. The third-order valence-electron chi connectivity index (χ3n) is 6.32. The molecule has 1 saturated carbocycles. The molecule has 4 N–H and O–H groups in total. The van der Waals surface area contributed by atoms with Gasteiger partial charge in [-0.15, -0.1) is 0 Å². The number of aliphatic hydroxyl groups excluding tert-OH is 1. The summed E-state index contributed by atoms with van der Waals surface area (Å²) < 4.78 is 6.21. The minimum atomic E-state index is -0.354. The van der Waals surface area contributed by atoms with Crippen molar-refractivity contribution in [2.45, 2.75) is 77.4 Å². The van der Waals surface area contributed by atoms with Gasteiger partial charge in [-0.3, -0.25) is 4.90 Å². The molecule has 0 saturated heterocycles. The Balaban J connectivity index is 2.01. The van der Waals surface area contributed by atoms with Crippen LogP contribution in [-0.2, 0) is 11.3 Å². The fourth-order valence-electron chi connectivity index (χ4n) is 4.20. The summed E-state index contributed by atoms with van der Waals surface area (Å²) in [6.45, 7) is 8.52. The van der Waals surface area contributed by atoms with E-state index in [-0.39, 0.29) is 30.8 Å². The zero-order valence-electron chi connectivity index (χ0n) is 18.7. The van der Waals surface area contributed by atoms with Crippen molar-refractivity contribution in [3.05, 3.63) is 27.7 Å². The summed E-state index contributed by atoms with van der Waals surface area (Å²) in [5.41, 5.74) is 8.53. The van der Waals surface area contributed by atoms with Crippen molar-refractivity contribution in [1.82, 2.24) is 10.2 Å². The van der Waals surface area contributed by atoms with Crippen LogP contribution in [-0.4, -0.2) is 53.9 Å². The van der Waals surface area contributed by atoms with Gasteiger partial charge in [-0.2, -0.15) is 0 Å². The molecule has 0 aromatic heterocycles. The number of nitrogen functional groups attached to an aromatic ring is 1. The highest BCUT2D eigenvalue weighted by Crippen LogP contribution is 2.32. The molecule has 170 valence electrons. The Bertz CT molecular complexity index is 691. The monoisotopic (exact) mass is 483 g/mol. The quantitative estimate of drug-likeness (QED) is 0.324. The van der Waals surface area contributed by atoms with Crippen molar-refractivity contribution in [3.8, 4) is 0 Å². The zero-order valence-corrected chi connectivity index (χ0v) is 20.3. The lowest BCUT2D eigenvalue weighted by molar-refractivity contribution is 0.0431. The molecule has 6 nitrogen and oxygen atoms in total. The molecule has 30 heavy (non-hydrogen) atoms. The third kappa shape index (κ3) is 6.94. The first-order valence-electron chi connectivity index (χ1n) is 11.2. The minimum Gasteiger partial charge on any atom is -0.461 e. The summed E-state index contributed by atoms with van der Waals surface area (Å²) in [7, 11) is 0. The number of benzene rings is 1. The maximum Gasteiger partial charge on any atom is 0.338 e. The van der Waals surface area contributed by atoms with Crippen LogP contribution in [0, 0.1) is 0 Å². The molecule has 1 aromatic carbocycles. The fraction of sp³-hybridized carbons (Fsp3) is 0.696. The van der Waals surface area contributed by atoms with E-state index in [0.717, 1.165) is 12.0 Å². The smallest absolute Gasteiger partial charge is 0.338 e. The molecule has 1 fully saturated rings. The van der Waals surface area contributed by atoms with Gasteiger partial charge in [0.15, 0.2) is 0 Å². The molecule has 0 spiro atoms. The lowest BCUT2D eigenvalue weighted by atomic mass is 9.79. The first-order valence-corrected chi connectivity index (χ1v) is 12.0. The third-order valence-corrected chi connectivity index (χ3v) is 6.98. The fourth-order valence-corrected chi connectivity index (χ4v) is 4.70. The maximum atomic E-state index is 12.6. The van der Waals surface area contributed by atoms with Crippen LogP contribution in [0.5, 0.6) is 0 Å². The molecule has 0 atom stereocenters. The average molecular weight is 484 g/mol. The van der Waals surface area contributed by atoms with E-state index in [9.17, 15) is 4.79 Å². The van der Waals surface area contributed by atoms with Gasteiger partial charge in [-0.05, 0) is 66.7 Å². The predicted octanol–water partition coefficient (Wildman–Crippen LogP) is 4.09. The van der Waals surface area contributed by atoms with E-state index in [1.165, 1.54) is 32.1 Å². The Morgan fingerprint density at radius 3 is 2.60 bits per heavy atom. The molecule has 7 heteroatoms. The Labute approximate surface area is 189 Å². The molecule has 0 bridgehead atoms. The molecule has 0 heterocycles. The highest BCUT2D eigenvalue weighted by molar-refractivity contribution is 9.10. The number of carbonyl (C=O) groups excluding carboxylic acids is 1. The average Bonchev–Trinajstić information content (AvgIpc) is 2.74. The van der Waals surface area contributed by atoms with E-state index < -0.39 is 0 Å². The number of esters is 1. The first kappa shape index (κ1) is 25.1. The lowest BCUT2D eigenvalue weighted by Crippen LogP contribution is -2.45. The summed E-state index contributed by atoms with van der Waals surface area (Å²) >= 11 is 3.50. The van der Waals surface area contributed by atoms with Gasteiger partial charge in [0, 0.05) is 35.7 Å². The number of carbonyl (C=O) groups is 1. The second kappa shape index (κ2) is 12.0. The van der Waals surface area contributed by atoms with Crippen molar-refractivity contribution >= 4 is 27.6 Å². The van der Waals surface area contributed by atoms with Gasteiger partial charge in [0.05, 0.1) is 17.9 Å². The second-order valence-corrected chi connectivity index (χ2v) is 9.42. The number of halogens is 1. The summed E-state index contributed by atoms with van der Waals surface area (Å²) in [6, 6.07) is 3.85. The van der Waals surface area contributed by atoms with Crippen molar-refractivity contribution < 1.29 is 14.6 Å². The van der Waals surface area contributed by atoms with Gasteiger partial charge in [-0.1, -0.05) is 26.2 Å².